The number of carbonyl (C=O) groups excluding carboxylic acids is 1. The zero-order chi connectivity index (χ0) is 12.8. The van der Waals surface area contributed by atoms with Crippen molar-refractivity contribution in [1.82, 2.24) is 20.2 Å². The number of carbonyl (C=O) groups is 1. The van der Waals surface area contributed by atoms with Crippen molar-refractivity contribution in [2.45, 2.75) is 25.4 Å². The van der Waals surface area contributed by atoms with Gasteiger partial charge in [-0.05, 0) is 19.4 Å². The predicted molar refractivity (Wildman–Crippen MR) is 67.1 cm³/mol. The Balaban J connectivity index is 1.88. The molecule has 0 aromatic carbocycles. The molecular formula is C12H20N4O2. The second kappa shape index (κ2) is 6.51. The summed E-state index contributed by atoms with van der Waals surface area (Å²) in [7, 11) is 1.62. The molecule has 6 nitrogen and oxygen atoms in total. The molecule has 1 atom stereocenters. The first kappa shape index (κ1) is 13.0. The number of imidazole rings is 1. The van der Waals surface area contributed by atoms with Gasteiger partial charge in [0.2, 0.25) is 5.91 Å². The van der Waals surface area contributed by atoms with Crippen LogP contribution in [-0.4, -0.2) is 42.3 Å². The molecule has 1 aromatic rings. The second-order valence-electron chi connectivity index (χ2n) is 4.44. The van der Waals surface area contributed by atoms with E-state index in [0.717, 1.165) is 18.7 Å². The van der Waals surface area contributed by atoms with Gasteiger partial charge >= 0.3 is 0 Å². The van der Waals surface area contributed by atoms with E-state index in [2.05, 4.69) is 15.6 Å². The van der Waals surface area contributed by atoms with Gasteiger partial charge in [-0.3, -0.25) is 4.79 Å². The van der Waals surface area contributed by atoms with Gasteiger partial charge in [0, 0.05) is 25.9 Å². The largest absolute Gasteiger partial charge is 0.383 e. The SMILES string of the molecule is COCCNC(=O)Cn1cncc1C1CCCN1. The van der Waals surface area contributed by atoms with Crippen molar-refractivity contribution >= 4 is 5.91 Å². The Morgan fingerprint density at radius 1 is 1.72 bits per heavy atom. The molecular weight excluding hydrogens is 232 g/mol. The number of nitrogens with zero attached hydrogens (tertiary/aromatic N) is 2. The Morgan fingerprint density at radius 3 is 3.33 bits per heavy atom. The number of rotatable bonds is 6. The Bertz CT molecular complexity index is 385. The lowest BCUT2D eigenvalue weighted by Crippen LogP contribution is -2.31. The maximum absolute atomic E-state index is 11.7. The highest BCUT2D eigenvalue weighted by molar-refractivity contribution is 5.75. The lowest BCUT2D eigenvalue weighted by molar-refractivity contribution is -0.121. The zero-order valence-electron chi connectivity index (χ0n) is 10.7. The normalized spacial score (nSPS) is 19.1. The molecule has 1 unspecified atom stereocenters. The zero-order valence-corrected chi connectivity index (χ0v) is 10.7. The highest BCUT2D eigenvalue weighted by Crippen LogP contribution is 2.22. The average Bonchev–Trinajstić information content (AvgIpc) is 2.99. The Kier molecular flexibility index (Phi) is 4.72. The number of aromatic nitrogens is 2. The van der Waals surface area contributed by atoms with E-state index in [9.17, 15) is 4.79 Å². The molecule has 1 fully saturated rings. The number of hydrogen-bond acceptors (Lipinski definition) is 4. The van der Waals surface area contributed by atoms with Crippen molar-refractivity contribution in [3.63, 3.8) is 0 Å². The van der Waals surface area contributed by atoms with E-state index >= 15 is 0 Å². The first-order valence-corrected chi connectivity index (χ1v) is 6.30. The van der Waals surface area contributed by atoms with Gasteiger partial charge < -0.3 is 19.9 Å². The van der Waals surface area contributed by atoms with Crippen molar-refractivity contribution in [2.24, 2.45) is 0 Å². The molecule has 0 saturated carbocycles. The fourth-order valence-electron chi connectivity index (χ4n) is 2.19. The molecule has 0 aliphatic carbocycles. The van der Waals surface area contributed by atoms with Crippen LogP contribution in [-0.2, 0) is 16.1 Å². The van der Waals surface area contributed by atoms with E-state index in [4.69, 9.17) is 4.74 Å². The van der Waals surface area contributed by atoms with Crippen LogP contribution in [0.1, 0.15) is 24.6 Å². The number of methoxy groups -OCH3 is 1. The molecule has 1 aliphatic heterocycles. The van der Waals surface area contributed by atoms with Crippen LogP contribution in [0.25, 0.3) is 0 Å². The van der Waals surface area contributed by atoms with Gasteiger partial charge in [0.15, 0.2) is 0 Å². The number of amides is 1. The fourth-order valence-corrected chi connectivity index (χ4v) is 2.19. The van der Waals surface area contributed by atoms with Crippen LogP contribution in [0.5, 0.6) is 0 Å². The van der Waals surface area contributed by atoms with Crippen molar-refractivity contribution in [3.05, 3.63) is 18.2 Å². The van der Waals surface area contributed by atoms with E-state index in [0.29, 0.717) is 25.7 Å². The molecule has 2 rings (SSSR count). The summed E-state index contributed by atoms with van der Waals surface area (Å²) in [6.45, 7) is 2.43. The van der Waals surface area contributed by atoms with Gasteiger partial charge in [-0.15, -0.1) is 0 Å². The molecule has 1 aromatic heterocycles. The van der Waals surface area contributed by atoms with Crippen molar-refractivity contribution in [1.29, 1.82) is 0 Å². The van der Waals surface area contributed by atoms with Crippen LogP contribution >= 0.6 is 0 Å². The molecule has 1 saturated heterocycles. The molecule has 6 heteroatoms. The summed E-state index contributed by atoms with van der Waals surface area (Å²) in [4.78, 5) is 15.9. The molecule has 2 N–H and O–H groups in total. The number of ether oxygens (including phenoxy) is 1. The molecule has 18 heavy (non-hydrogen) atoms. The van der Waals surface area contributed by atoms with Gasteiger partial charge in [-0.25, -0.2) is 4.98 Å². The van der Waals surface area contributed by atoms with Crippen LogP contribution < -0.4 is 10.6 Å². The highest BCUT2D eigenvalue weighted by Gasteiger charge is 2.20. The van der Waals surface area contributed by atoms with E-state index in [1.54, 1.807) is 13.4 Å². The summed E-state index contributed by atoms with van der Waals surface area (Å²) in [6, 6.07) is 0.333. The number of nitrogens with one attached hydrogen (secondary N) is 2. The predicted octanol–water partition coefficient (Wildman–Crippen LogP) is 0.0702. The van der Waals surface area contributed by atoms with Crippen LogP contribution in [0.2, 0.25) is 0 Å². The third-order valence-corrected chi connectivity index (χ3v) is 3.10. The first-order chi connectivity index (χ1) is 8.81. The maximum Gasteiger partial charge on any atom is 0.240 e. The van der Waals surface area contributed by atoms with Gasteiger partial charge in [-0.1, -0.05) is 0 Å². The minimum absolute atomic E-state index is 0.00991. The average molecular weight is 252 g/mol. The summed E-state index contributed by atoms with van der Waals surface area (Å²) in [5, 5.41) is 6.22. The number of hydrogen-bond donors (Lipinski definition) is 2. The molecule has 0 spiro atoms. The smallest absolute Gasteiger partial charge is 0.240 e. The Hall–Kier alpha value is -1.40. The molecule has 1 amide bonds. The first-order valence-electron chi connectivity index (χ1n) is 6.30. The van der Waals surface area contributed by atoms with Crippen LogP contribution in [0.3, 0.4) is 0 Å². The van der Waals surface area contributed by atoms with Crippen LogP contribution in [0.4, 0.5) is 0 Å². The van der Waals surface area contributed by atoms with E-state index in [-0.39, 0.29) is 5.91 Å². The Labute approximate surface area is 107 Å². The van der Waals surface area contributed by atoms with Crippen LogP contribution in [0, 0.1) is 0 Å². The van der Waals surface area contributed by atoms with Gasteiger partial charge in [-0.2, -0.15) is 0 Å². The molecule has 1 aliphatic rings. The van der Waals surface area contributed by atoms with Crippen molar-refractivity contribution in [3.8, 4) is 0 Å². The second-order valence-corrected chi connectivity index (χ2v) is 4.44. The van der Waals surface area contributed by atoms with E-state index in [1.165, 1.54) is 6.42 Å². The highest BCUT2D eigenvalue weighted by atomic mass is 16.5. The van der Waals surface area contributed by atoms with Gasteiger partial charge in [0.1, 0.15) is 6.54 Å². The summed E-state index contributed by atoms with van der Waals surface area (Å²) < 4.78 is 6.80. The Morgan fingerprint density at radius 2 is 2.61 bits per heavy atom. The van der Waals surface area contributed by atoms with Gasteiger partial charge in [0.25, 0.3) is 0 Å². The lowest BCUT2D eigenvalue weighted by Gasteiger charge is -2.13. The van der Waals surface area contributed by atoms with Crippen molar-refractivity contribution < 1.29 is 9.53 Å². The summed E-state index contributed by atoms with van der Waals surface area (Å²) >= 11 is 0. The minimum atomic E-state index is -0.00991. The summed E-state index contributed by atoms with van der Waals surface area (Å²) in [5.74, 6) is -0.00991. The van der Waals surface area contributed by atoms with Crippen LogP contribution in [0.15, 0.2) is 12.5 Å². The van der Waals surface area contributed by atoms with E-state index < -0.39 is 0 Å². The lowest BCUT2D eigenvalue weighted by atomic mass is 10.2. The topological polar surface area (TPSA) is 68.2 Å². The maximum atomic E-state index is 11.7. The summed E-state index contributed by atoms with van der Waals surface area (Å²) in [6.07, 6.45) is 5.84. The fraction of sp³-hybridized carbons (Fsp3) is 0.667. The minimum Gasteiger partial charge on any atom is -0.383 e. The molecule has 0 bridgehead atoms. The third-order valence-electron chi connectivity index (χ3n) is 3.10. The molecule has 0 radical (unpaired) electrons. The quantitative estimate of drug-likeness (QED) is 0.703. The van der Waals surface area contributed by atoms with E-state index in [1.807, 2.05) is 10.8 Å². The standard InChI is InChI=1S/C12H20N4O2/c1-18-6-5-15-12(17)8-16-9-13-7-11(16)10-3-2-4-14-10/h7,9-10,14H,2-6,8H2,1H3,(H,15,17). The summed E-state index contributed by atoms with van der Waals surface area (Å²) in [5.41, 5.74) is 1.09. The monoisotopic (exact) mass is 252 g/mol. The van der Waals surface area contributed by atoms with Gasteiger partial charge in [0.05, 0.1) is 18.6 Å². The van der Waals surface area contributed by atoms with Crippen molar-refractivity contribution in [2.75, 3.05) is 26.8 Å². The molecule has 2 heterocycles. The molecule has 100 valence electrons. The third kappa shape index (κ3) is 3.30.